The highest BCUT2D eigenvalue weighted by Crippen LogP contribution is 2.21. The summed E-state index contributed by atoms with van der Waals surface area (Å²) in [4.78, 5) is 11.4. The number of nitrogens with zero attached hydrogens (tertiary/aromatic N) is 3. The van der Waals surface area contributed by atoms with Gasteiger partial charge in [-0.2, -0.15) is 0 Å². The van der Waals surface area contributed by atoms with Crippen LogP contribution in [-0.2, 0) is 6.42 Å². The summed E-state index contributed by atoms with van der Waals surface area (Å²) in [6.07, 6.45) is 4.69. The van der Waals surface area contributed by atoms with Crippen molar-refractivity contribution in [2.75, 3.05) is 29.9 Å². The van der Waals surface area contributed by atoms with Gasteiger partial charge < -0.3 is 15.3 Å². The number of aliphatic hydroxyl groups is 1. The van der Waals surface area contributed by atoms with Crippen LogP contribution in [0.3, 0.4) is 0 Å². The standard InChI is InChI=1S/C15H26N4O/c1-3-6-13-17-14(16-8-4-2)10-15(18-13)19-9-5-7-12(20)11-19/h10,12,20H,3-9,11H2,1-2H3,(H,16,17,18). The van der Waals surface area contributed by atoms with E-state index in [4.69, 9.17) is 0 Å². The monoisotopic (exact) mass is 278 g/mol. The summed E-state index contributed by atoms with van der Waals surface area (Å²) in [5.74, 6) is 2.74. The van der Waals surface area contributed by atoms with E-state index >= 15 is 0 Å². The lowest BCUT2D eigenvalue weighted by atomic mass is 10.1. The number of hydrogen-bond donors (Lipinski definition) is 2. The van der Waals surface area contributed by atoms with Crippen molar-refractivity contribution in [1.82, 2.24) is 9.97 Å². The zero-order valence-electron chi connectivity index (χ0n) is 12.6. The molecule has 0 spiro atoms. The number of aryl methyl sites for hydroxylation is 1. The second kappa shape index (κ2) is 7.43. The van der Waals surface area contributed by atoms with E-state index in [-0.39, 0.29) is 6.10 Å². The van der Waals surface area contributed by atoms with E-state index in [0.29, 0.717) is 6.54 Å². The van der Waals surface area contributed by atoms with E-state index in [2.05, 4.69) is 34.0 Å². The molecule has 1 atom stereocenters. The molecule has 2 rings (SSSR count). The highest BCUT2D eigenvalue weighted by Gasteiger charge is 2.20. The van der Waals surface area contributed by atoms with E-state index in [9.17, 15) is 5.11 Å². The number of anilines is 2. The Morgan fingerprint density at radius 3 is 2.90 bits per heavy atom. The fourth-order valence-electron chi connectivity index (χ4n) is 2.49. The van der Waals surface area contributed by atoms with Crippen LogP contribution in [0.1, 0.15) is 45.4 Å². The van der Waals surface area contributed by atoms with Crippen LogP contribution >= 0.6 is 0 Å². The third-order valence-corrected chi connectivity index (χ3v) is 3.51. The Balaban J connectivity index is 2.18. The van der Waals surface area contributed by atoms with Gasteiger partial charge in [0.05, 0.1) is 6.10 Å². The summed E-state index contributed by atoms with van der Waals surface area (Å²) in [7, 11) is 0. The van der Waals surface area contributed by atoms with Crippen molar-refractivity contribution in [3.8, 4) is 0 Å². The Kier molecular flexibility index (Phi) is 5.59. The molecule has 0 saturated carbocycles. The first-order valence-corrected chi connectivity index (χ1v) is 7.77. The van der Waals surface area contributed by atoms with Gasteiger partial charge in [-0.15, -0.1) is 0 Å². The van der Waals surface area contributed by atoms with Gasteiger partial charge in [-0.1, -0.05) is 13.8 Å². The first-order chi connectivity index (χ1) is 9.72. The number of aliphatic hydroxyl groups excluding tert-OH is 1. The average molecular weight is 278 g/mol. The topological polar surface area (TPSA) is 61.3 Å². The van der Waals surface area contributed by atoms with Gasteiger partial charge in [-0.3, -0.25) is 0 Å². The molecule has 1 fully saturated rings. The normalized spacial score (nSPS) is 19.1. The van der Waals surface area contributed by atoms with Gasteiger partial charge in [0.15, 0.2) is 0 Å². The predicted octanol–water partition coefficient (Wildman–Crippen LogP) is 2.21. The van der Waals surface area contributed by atoms with Crippen molar-refractivity contribution in [3.63, 3.8) is 0 Å². The molecule has 1 aliphatic rings. The van der Waals surface area contributed by atoms with Crippen LogP contribution in [0.5, 0.6) is 0 Å². The minimum Gasteiger partial charge on any atom is -0.391 e. The molecule has 2 heterocycles. The Morgan fingerprint density at radius 2 is 2.20 bits per heavy atom. The van der Waals surface area contributed by atoms with Crippen molar-refractivity contribution in [2.24, 2.45) is 0 Å². The Labute approximate surface area is 121 Å². The number of nitrogens with one attached hydrogen (secondary N) is 1. The smallest absolute Gasteiger partial charge is 0.134 e. The van der Waals surface area contributed by atoms with Crippen LogP contribution in [0.15, 0.2) is 6.07 Å². The summed E-state index contributed by atoms with van der Waals surface area (Å²) >= 11 is 0. The third-order valence-electron chi connectivity index (χ3n) is 3.51. The molecule has 20 heavy (non-hydrogen) atoms. The number of β-amino-alcohol motifs (C(OH)–C–C–N with tert-alkyl or cyclic N) is 1. The van der Waals surface area contributed by atoms with Gasteiger partial charge in [-0.05, 0) is 25.7 Å². The molecule has 5 heteroatoms. The lowest BCUT2D eigenvalue weighted by Gasteiger charge is -2.31. The highest BCUT2D eigenvalue weighted by atomic mass is 16.3. The SMILES string of the molecule is CCCNc1cc(N2CCCC(O)C2)nc(CCC)n1. The Bertz CT molecular complexity index is 424. The van der Waals surface area contributed by atoms with Gasteiger partial charge in [0, 0.05) is 32.1 Å². The third kappa shape index (κ3) is 4.07. The maximum absolute atomic E-state index is 9.82. The van der Waals surface area contributed by atoms with Gasteiger partial charge >= 0.3 is 0 Å². The number of rotatable bonds is 6. The Hall–Kier alpha value is -1.36. The maximum atomic E-state index is 9.82. The second-order valence-electron chi connectivity index (χ2n) is 5.45. The zero-order chi connectivity index (χ0) is 14.4. The molecule has 112 valence electrons. The number of aromatic nitrogens is 2. The van der Waals surface area contributed by atoms with Crippen LogP contribution in [0.2, 0.25) is 0 Å². The summed E-state index contributed by atoms with van der Waals surface area (Å²) in [5.41, 5.74) is 0. The second-order valence-corrected chi connectivity index (χ2v) is 5.45. The molecule has 1 aromatic rings. The van der Waals surface area contributed by atoms with Crippen molar-refractivity contribution >= 4 is 11.6 Å². The molecule has 0 aromatic carbocycles. The summed E-state index contributed by atoms with van der Waals surface area (Å²) in [5, 5.41) is 13.2. The molecule has 5 nitrogen and oxygen atoms in total. The maximum Gasteiger partial charge on any atom is 0.134 e. The zero-order valence-corrected chi connectivity index (χ0v) is 12.6. The van der Waals surface area contributed by atoms with E-state index in [0.717, 1.165) is 62.7 Å². The van der Waals surface area contributed by atoms with Gasteiger partial charge in [0.25, 0.3) is 0 Å². The van der Waals surface area contributed by atoms with Gasteiger partial charge in [-0.25, -0.2) is 9.97 Å². The van der Waals surface area contributed by atoms with E-state index in [1.165, 1.54) is 0 Å². The quantitative estimate of drug-likeness (QED) is 0.835. The molecule has 1 aliphatic heterocycles. The molecule has 1 saturated heterocycles. The number of hydrogen-bond acceptors (Lipinski definition) is 5. The highest BCUT2D eigenvalue weighted by molar-refractivity contribution is 5.50. The summed E-state index contributed by atoms with van der Waals surface area (Å²) in [6.45, 7) is 6.84. The van der Waals surface area contributed by atoms with E-state index < -0.39 is 0 Å². The summed E-state index contributed by atoms with van der Waals surface area (Å²) < 4.78 is 0. The van der Waals surface area contributed by atoms with Crippen LogP contribution in [0.4, 0.5) is 11.6 Å². The van der Waals surface area contributed by atoms with Crippen molar-refractivity contribution < 1.29 is 5.11 Å². The lowest BCUT2D eigenvalue weighted by molar-refractivity contribution is 0.154. The molecule has 0 aliphatic carbocycles. The minimum atomic E-state index is -0.236. The van der Waals surface area contributed by atoms with Crippen molar-refractivity contribution in [2.45, 2.75) is 52.1 Å². The minimum absolute atomic E-state index is 0.236. The van der Waals surface area contributed by atoms with Crippen LogP contribution < -0.4 is 10.2 Å². The molecular formula is C15H26N4O. The molecule has 1 aromatic heterocycles. The molecule has 0 radical (unpaired) electrons. The van der Waals surface area contributed by atoms with Crippen molar-refractivity contribution in [1.29, 1.82) is 0 Å². The van der Waals surface area contributed by atoms with E-state index in [1.54, 1.807) is 0 Å². The number of piperidine rings is 1. The fraction of sp³-hybridized carbons (Fsp3) is 0.733. The molecule has 2 N–H and O–H groups in total. The Morgan fingerprint density at radius 1 is 1.35 bits per heavy atom. The van der Waals surface area contributed by atoms with Gasteiger partial charge in [0.1, 0.15) is 17.5 Å². The summed E-state index contributed by atoms with van der Waals surface area (Å²) in [6, 6.07) is 2.01. The van der Waals surface area contributed by atoms with E-state index in [1.807, 2.05) is 6.07 Å². The molecular weight excluding hydrogens is 252 g/mol. The first-order valence-electron chi connectivity index (χ1n) is 7.77. The van der Waals surface area contributed by atoms with Crippen molar-refractivity contribution in [3.05, 3.63) is 11.9 Å². The fourth-order valence-corrected chi connectivity index (χ4v) is 2.49. The molecule has 1 unspecified atom stereocenters. The van der Waals surface area contributed by atoms with Crippen LogP contribution in [0, 0.1) is 0 Å². The average Bonchev–Trinajstić information content (AvgIpc) is 2.45. The predicted molar refractivity (Wildman–Crippen MR) is 82.3 cm³/mol. The molecule has 0 amide bonds. The van der Waals surface area contributed by atoms with Crippen LogP contribution in [-0.4, -0.2) is 40.8 Å². The first kappa shape index (κ1) is 15.0. The lowest BCUT2D eigenvalue weighted by Crippen LogP contribution is -2.38. The largest absolute Gasteiger partial charge is 0.391 e. The van der Waals surface area contributed by atoms with Crippen LogP contribution in [0.25, 0.3) is 0 Å². The van der Waals surface area contributed by atoms with Gasteiger partial charge in [0.2, 0.25) is 0 Å². The molecule has 0 bridgehead atoms.